The maximum Gasteiger partial charge on any atom is 0.271 e. The lowest BCUT2D eigenvalue weighted by Crippen LogP contribution is -2.13. The third-order valence-electron chi connectivity index (χ3n) is 2.79. The van der Waals surface area contributed by atoms with E-state index in [1.165, 1.54) is 0 Å². The van der Waals surface area contributed by atoms with Crippen molar-refractivity contribution in [3.63, 3.8) is 0 Å². The maximum atomic E-state index is 12.2. The minimum atomic E-state index is -3.56. The van der Waals surface area contributed by atoms with E-state index in [0.29, 0.717) is 11.4 Å². The molecule has 1 aromatic carbocycles. The Labute approximate surface area is 124 Å². The standard InChI is InChI=1S/C12H13BrN2O2S2/c1-7-3-4-9(8(2)12(7)14)15-19(16,17)11-6-5-10(13)18-11/h3-6,15H,14H2,1-2H3. The maximum absolute atomic E-state index is 12.2. The van der Waals surface area contributed by atoms with Gasteiger partial charge in [-0.05, 0) is 59.1 Å². The fourth-order valence-electron chi connectivity index (χ4n) is 1.61. The number of rotatable bonds is 3. The molecule has 0 unspecified atom stereocenters. The normalized spacial score (nSPS) is 11.5. The number of nitrogens with two attached hydrogens (primary N) is 1. The van der Waals surface area contributed by atoms with Crippen LogP contribution in [0.5, 0.6) is 0 Å². The summed E-state index contributed by atoms with van der Waals surface area (Å²) in [7, 11) is -3.56. The average Bonchev–Trinajstić information content (AvgIpc) is 2.78. The molecule has 4 nitrogen and oxygen atoms in total. The van der Waals surface area contributed by atoms with E-state index in [0.717, 1.165) is 26.3 Å². The summed E-state index contributed by atoms with van der Waals surface area (Å²) in [6.07, 6.45) is 0. The monoisotopic (exact) mass is 360 g/mol. The molecule has 0 radical (unpaired) electrons. The molecule has 7 heteroatoms. The molecule has 3 N–H and O–H groups in total. The van der Waals surface area contributed by atoms with Crippen molar-refractivity contribution in [2.24, 2.45) is 0 Å². The molecule has 0 aliphatic carbocycles. The fourth-order valence-corrected chi connectivity index (χ4v) is 4.74. The predicted octanol–water partition coefficient (Wildman–Crippen LogP) is 3.51. The zero-order valence-electron chi connectivity index (χ0n) is 10.4. The number of nitrogens with one attached hydrogen (secondary N) is 1. The van der Waals surface area contributed by atoms with Gasteiger partial charge in [-0.2, -0.15) is 0 Å². The zero-order valence-corrected chi connectivity index (χ0v) is 13.6. The van der Waals surface area contributed by atoms with E-state index in [1.54, 1.807) is 31.2 Å². The highest BCUT2D eigenvalue weighted by atomic mass is 79.9. The van der Waals surface area contributed by atoms with Crippen molar-refractivity contribution >= 4 is 48.7 Å². The molecular formula is C12H13BrN2O2S2. The second-order valence-corrected chi connectivity index (χ2v) is 8.50. The van der Waals surface area contributed by atoms with Crippen molar-refractivity contribution in [1.82, 2.24) is 0 Å². The third-order valence-corrected chi connectivity index (χ3v) is 6.27. The highest BCUT2D eigenvalue weighted by Gasteiger charge is 2.18. The van der Waals surface area contributed by atoms with E-state index in [4.69, 9.17) is 5.73 Å². The first-order chi connectivity index (χ1) is 8.81. The van der Waals surface area contributed by atoms with Gasteiger partial charge in [0.25, 0.3) is 10.0 Å². The van der Waals surface area contributed by atoms with Crippen LogP contribution in [-0.2, 0) is 10.0 Å². The first kappa shape index (κ1) is 14.4. The molecule has 0 aliphatic rings. The molecule has 2 rings (SSSR count). The molecule has 0 bridgehead atoms. The van der Waals surface area contributed by atoms with Gasteiger partial charge in [-0.1, -0.05) is 6.07 Å². The number of benzene rings is 1. The van der Waals surface area contributed by atoms with Gasteiger partial charge in [-0.15, -0.1) is 11.3 Å². The van der Waals surface area contributed by atoms with Crippen molar-refractivity contribution in [3.8, 4) is 0 Å². The van der Waals surface area contributed by atoms with E-state index in [2.05, 4.69) is 20.7 Å². The summed E-state index contributed by atoms with van der Waals surface area (Å²) in [6, 6.07) is 6.78. The van der Waals surface area contributed by atoms with Crippen molar-refractivity contribution in [2.45, 2.75) is 18.1 Å². The van der Waals surface area contributed by atoms with Crippen molar-refractivity contribution < 1.29 is 8.42 Å². The molecule has 19 heavy (non-hydrogen) atoms. The van der Waals surface area contributed by atoms with Crippen molar-refractivity contribution in [1.29, 1.82) is 0 Å². The topological polar surface area (TPSA) is 72.2 Å². The lowest BCUT2D eigenvalue weighted by molar-refractivity contribution is 0.603. The highest BCUT2D eigenvalue weighted by molar-refractivity contribution is 9.11. The molecule has 2 aromatic rings. The molecule has 0 amide bonds. The van der Waals surface area contributed by atoms with E-state index in [-0.39, 0.29) is 4.21 Å². The highest BCUT2D eigenvalue weighted by Crippen LogP contribution is 2.30. The van der Waals surface area contributed by atoms with Crippen molar-refractivity contribution in [2.75, 3.05) is 10.5 Å². The zero-order chi connectivity index (χ0) is 14.2. The predicted molar refractivity (Wildman–Crippen MR) is 83.2 cm³/mol. The second kappa shape index (κ2) is 5.15. The van der Waals surface area contributed by atoms with Gasteiger partial charge in [0.1, 0.15) is 4.21 Å². The third kappa shape index (κ3) is 2.93. The van der Waals surface area contributed by atoms with E-state index >= 15 is 0 Å². The van der Waals surface area contributed by atoms with E-state index < -0.39 is 10.0 Å². The van der Waals surface area contributed by atoms with Crippen LogP contribution >= 0.6 is 27.3 Å². The van der Waals surface area contributed by atoms with Gasteiger partial charge in [-0.25, -0.2) is 8.42 Å². The van der Waals surface area contributed by atoms with Crippen LogP contribution in [0.2, 0.25) is 0 Å². The fraction of sp³-hybridized carbons (Fsp3) is 0.167. The van der Waals surface area contributed by atoms with Crippen LogP contribution in [0.15, 0.2) is 32.3 Å². The second-order valence-electron chi connectivity index (χ2n) is 4.13. The SMILES string of the molecule is Cc1ccc(NS(=O)(=O)c2ccc(Br)s2)c(C)c1N. The lowest BCUT2D eigenvalue weighted by atomic mass is 10.1. The number of hydrogen-bond donors (Lipinski definition) is 2. The molecule has 0 saturated carbocycles. The number of hydrogen-bond acceptors (Lipinski definition) is 4. The Morgan fingerprint density at radius 3 is 2.47 bits per heavy atom. The van der Waals surface area contributed by atoms with Crippen LogP contribution in [0.25, 0.3) is 0 Å². The molecule has 102 valence electrons. The Morgan fingerprint density at radius 2 is 1.89 bits per heavy atom. The average molecular weight is 361 g/mol. The summed E-state index contributed by atoms with van der Waals surface area (Å²) < 4.78 is 28.0. The number of anilines is 2. The van der Waals surface area contributed by atoms with Crippen LogP contribution in [0, 0.1) is 13.8 Å². The summed E-state index contributed by atoms with van der Waals surface area (Å²) in [6.45, 7) is 3.68. The van der Waals surface area contributed by atoms with Gasteiger partial charge in [0.2, 0.25) is 0 Å². The smallest absolute Gasteiger partial charge is 0.271 e. The van der Waals surface area contributed by atoms with Gasteiger partial charge >= 0.3 is 0 Å². The largest absolute Gasteiger partial charge is 0.398 e. The summed E-state index contributed by atoms with van der Waals surface area (Å²) >= 11 is 4.41. The minimum absolute atomic E-state index is 0.262. The van der Waals surface area contributed by atoms with Crippen molar-refractivity contribution in [3.05, 3.63) is 39.2 Å². The van der Waals surface area contributed by atoms with Gasteiger partial charge in [0.05, 0.1) is 9.47 Å². The number of aryl methyl sites for hydroxylation is 1. The van der Waals surface area contributed by atoms with E-state index in [9.17, 15) is 8.42 Å². The Morgan fingerprint density at radius 1 is 1.21 bits per heavy atom. The number of sulfonamides is 1. The van der Waals surface area contributed by atoms with Crippen LogP contribution in [0.1, 0.15) is 11.1 Å². The summed E-state index contributed by atoms with van der Waals surface area (Å²) in [5, 5.41) is 0. The summed E-state index contributed by atoms with van der Waals surface area (Å²) in [4.78, 5) is 0. The van der Waals surface area contributed by atoms with Crippen LogP contribution < -0.4 is 10.5 Å². The number of nitrogen functional groups attached to an aromatic ring is 1. The molecule has 1 heterocycles. The van der Waals surface area contributed by atoms with Gasteiger partial charge < -0.3 is 5.73 Å². The first-order valence-corrected chi connectivity index (χ1v) is 8.54. The summed E-state index contributed by atoms with van der Waals surface area (Å²) in [5.41, 5.74) is 8.68. The quantitative estimate of drug-likeness (QED) is 0.822. The Bertz CT molecular complexity index is 723. The molecule has 0 fully saturated rings. The van der Waals surface area contributed by atoms with Gasteiger partial charge in [0, 0.05) is 5.69 Å². The number of halogens is 1. The molecule has 1 aromatic heterocycles. The molecule has 0 saturated heterocycles. The minimum Gasteiger partial charge on any atom is -0.398 e. The molecule has 0 aliphatic heterocycles. The molecular weight excluding hydrogens is 348 g/mol. The molecule has 0 spiro atoms. The number of thiophene rings is 1. The van der Waals surface area contributed by atoms with Gasteiger partial charge in [0.15, 0.2) is 0 Å². The van der Waals surface area contributed by atoms with Crippen LogP contribution in [0.3, 0.4) is 0 Å². The van der Waals surface area contributed by atoms with Gasteiger partial charge in [-0.3, -0.25) is 4.72 Å². The van der Waals surface area contributed by atoms with Crippen LogP contribution in [-0.4, -0.2) is 8.42 Å². The Balaban J connectivity index is 2.39. The Hall–Kier alpha value is -1.05. The van der Waals surface area contributed by atoms with E-state index in [1.807, 2.05) is 6.92 Å². The molecule has 0 atom stereocenters. The van der Waals surface area contributed by atoms with Crippen LogP contribution in [0.4, 0.5) is 11.4 Å². The summed E-state index contributed by atoms with van der Waals surface area (Å²) in [5.74, 6) is 0. The Kier molecular flexibility index (Phi) is 3.89. The lowest BCUT2D eigenvalue weighted by Gasteiger charge is -2.12. The first-order valence-electron chi connectivity index (χ1n) is 5.45.